The van der Waals surface area contributed by atoms with E-state index in [2.05, 4.69) is 65.6 Å². The second-order valence-corrected chi connectivity index (χ2v) is 8.05. The van der Waals surface area contributed by atoms with E-state index >= 15 is 0 Å². The molecule has 1 aliphatic carbocycles. The molecular weight excluding hydrogens is 306 g/mol. The van der Waals surface area contributed by atoms with E-state index < -0.39 is 5.60 Å². The van der Waals surface area contributed by atoms with Gasteiger partial charge in [0.05, 0.1) is 5.60 Å². The zero-order chi connectivity index (χ0) is 17.7. The van der Waals surface area contributed by atoms with Crippen molar-refractivity contribution in [3.63, 3.8) is 0 Å². The fourth-order valence-corrected chi connectivity index (χ4v) is 4.09. The maximum atomic E-state index is 10.5. The smallest absolute Gasteiger partial charge is 0.0620 e. The molecular formula is C23H31NO. The van der Waals surface area contributed by atoms with Gasteiger partial charge in [0.25, 0.3) is 0 Å². The van der Waals surface area contributed by atoms with E-state index in [0.29, 0.717) is 12.0 Å². The van der Waals surface area contributed by atoms with E-state index in [9.17, 15) is 5.11 Å². The van der Waals surface area contributed by atoms with Gasteiger partial charge in [-0.1, -0.05) is 67.1 Å². The van der Waals surface area contributed by atoms with E-state index in [1.807, 2.05) is 13.8 Å². The van der Waals surface area contributed by atoms with Gasteiger partial charge >= 0.3 is 0 Å². The van der Waals surface area contributed by atoms with Crippen LogP contribution in [-0.2, 0) is 13.1 Å². The van der Waals surface area contributed by atoms with Gasteiger partial charge in [0.1, 0.15) is 0 Å². The number of benzene rings is 2. The Morgan fingerprint density at radius 2 is 1.40 bits per heavy atom. The van der Waals surface area contributed by atoms with Crippen LogP contribution in [0, 0.1) is 5.92 Å². The molecule has 2 heteroatoms. The molecule has 0 heterocycles. The Labute approximate surface area is 152 Å². The van der Waals surface area contributed by atoms with Gasteiger partial charge in [-0.15, -0.1) is 0 Å². The first-order valence-electron chi connectivity index (χ1n) is 9.56. The Balaban J connectivity index is 1.77. The maximum absolute atomic E-state index is 10.5. The Morgan fingerprint density at radius 1 is 0.880 bits per heavy atom. The van der Waals surface area contributed by atoms with Gasteiger partial charge in [-0.3, -0.25) is 4.90 Å². The molecule has 2 atom stereocenters. The molecule has 0 saturated heterocycles. The van der Waals surface area contributed by atoms with Crippen LogP contribution < -0.4 is 0 Å². The standard InChI is InChI=1S/C23H31NO/c1-23(2,25)21-14-9-15-22(16-21)24(17-19-10-5-3-6-11-19)18-20-12-7-4-8-13-20/h3-8,10-13,21-22,25H,9,14-18H2,1-2H3/t21-,22-/m1/s1. The molecule has 0 amide bonds. The number of nitrogens with zero attached hydrogens (tertiary/aromatic N) is 1. The molecule has 0 aliphatic heterocycles. The lowest BCUT2D eigenvalue weighted by atomic mass is 9.76. The van der Waals surface area contributed by atoms with Crippen molar-refractivity contribution in [2.75, 3.05) is 0 Å². The summed E-state index contributed by atoms with van der Waals surface area (Å²) >= 11 is 0. The van der Waals surface area contributed by atoms with Gasteiger partial charge in [-0.25, -0.2) is 0 Å². The number of hydrogen-bond donors (Lipinski definition) is 1. The number of aliphatic hydroxyl groups is 1. The highest BCUT2D eigenvalue weighted by atomic mass is 16.3. The summed E-state index contributed by atoms with van der Waals surface area (Å²) in [5.41, 5.74) is 2.15. The summed E-state index contributed by atoms with van der Waals surface area (Å²) in [6.07, 6.45) is 4.67. The summed E-state index contributed by atoms with van der Waals surface area (Å²) in [7, 11) is 0. The molecule has 1 fully saturated rings. The van der Waals surface area contributed by atoms with Crippen LogP contribution >= 0.6 is 0 Å². The molecule has 3 rings (SSSR count). The SMILES string of the molecule is CC(C)(O)[C@@H]1CCC[C@@H](N(Cc2ccccc2)Cc2ccccc2)C1. The minimum atomic E-state index is -0.580. The Kier molecular flexibility index (Phi) is 5.93. The second-order valence-electron chi connectivity index (χ2n) is 8.05. The molecule has 0 aromatic heterocycles. The lowest BCUT2D eigenvalue weighted by Crippen LogP contribution is -2.43. The van der Waals surface area contributed by atoms with Gasteiger partial charge in [0.15, 0.2) is 0 Å². The van der Waals surface area contributed by atoms with Gasteiger partial charge in [0, 0.05) is 19.1 Å². The van der Waals surface area contributed by atoms with Crippen molar-refractivity contribution in [2.24, 2.45) is 5.92 Å². The van der Waals surface area contributed by atoms with Crippen molar-refractivity contribution in [3.05, 3.63) is 71.8 Å². The first-order valence-corrected chi connectivity index (χ1v) is 9.56. The van der Waals surface area contributed by atoms with Crippen LogP contribution in [0.25, 0.3) is 0 Å². The average Bonchev–Trinajstić information content (AvgIpc) is 2.62. The van der Waals surface area contributed by atoms with Crippen molar-refractivity contribution in [2.45, 2.75) is 64.3 Å². The summed E-state index contributed by atoms with van der Waals surface area (Å²) in [5, 5.41) is 10.5. The summed E-state index contributed by atoms with van der Waals surface area (Å²) in [6.45, 7) is 5.88. The lowest BCUT2D eigenvalue weighted by molar-refractivity contribution is -0.0210. The Bertz CT molecular complexity index is 591. The van der Waals surface area contributed by atoms with Gasteiger partial charge < -0.3 is 5.11 Å². The maximum Gasteiger partial charge on any atom is 0.0620 e. The van der Waals surface area contributed by atoms with Crippen LogP contribution in [0.4, 0.5) is 0 Å². The molecule has 1 N–H and O–H groups in total. The molecule has 25 heavy (non-hydrogen) atoms. The predicted molar refractivity (Wildman–Crippen MR) is 104 cm³/mol. The fourth-order valence-electron chi connectivity index (χ4n) is 4.09. The topological polar surface area (TPSA) is 23.5 Å². The summed E-state index contributed by atoms with van der Waals surface area (Å²) in [6, 6.07) is 22.0. The van der Waals surface area contributed by atoms with E-state index in [0.717, 1.165) is 25.9 Å². The molecule has 134 valence electrons. The van der Waals surface area contributed by atoms with Crippen molar-refractivity contribution < 1.29 is 5.11 Å². The van der Waals surface area contributed by atoms with Crippen LogP contribution in [0.15, 0.2) is 60.7 Å². The molecule has 0 radical (unpaired) electrons. The Morgan fingerprint density at radius 3 is 1.88 bits per heavy atom. The Hall–Kier alpha value is -1.64. The molecule has 0 spiro atoms. The highest BCUT2D eigenvalue weighted by molar-refractivity contribution is 5.17. The minimum Gasteiger partial charge on any atom is -0.390 e. The summed E-state index contributed by atoms with van der Waals surface area (Å²) < 4.78 is 0. The van der Waals surface area contributed by atoms with E-state index in [1.54, 1.807) is 0 Å². The molecule has 1 aliphatic rings. The summed E-state index contributed by atoms with van der Waals surface area (Å²) in [4.78, 5) is 2.61. The van der Waals surface area contributed by atoms with Crippen LogP contribution in [0.1, 0.15) is 50.7 Å². The third kappa shape index (κ3) is 5.17. The normalized spacial score (nSPS) is 21.4. The first-order chi connectivity index (χ1) is 12.0. The molecule has 1 saturated carbocycles. The third-order valence-electron chi connectivity index (χ3n) is 5.62. The lowest BCUT2D eigenvalue weighted by Gasteiger charge is -2.41. The van der Waals surface area contributed by atoms with Crippen LogP contribution in [-0.4, -0.2) is 21.6 Å². The predicted octanol–water partition coefficient (Wildman–Crippen LogP) is 5.02. The number of hydrogen-bond acceptors (Lipinski definition) is 2. The monoisotopic (exact) mass is 337 g/mol. The summed E-state index contributed by atoms with van der Waals surface area (Å²) in [5.74, 6) is 0.389. The molecule has 2 aromatic rings. The van der Waals surface area contributed by atoms with Crippen molar-refractivity contribution in [1.29, 1.82) is 0 Å². The highest BCUT2D eigenvalue weighted by Gasteiger charge is 2.34. The van der Waals surface area contributed by atoms with Gasteiger partial charge in [-0.05, 0) is 50.2 Å². The van der Waals surface area contributed by atoms with E-state index in [-0.39, 0.29) is 0 Å². The van der Waals surface area contributed by atoms with Crippen LogP contribution in [0.5, 0.6) is 0 Å². The third-order valence-corrected chi connectivity index (χ3v) is 5.62. The second kappa shape index (κ2) is 8.16. The van der Waals surface area contributed by atoms with Crippen molar-refractivity contribution >= 4 is 0 Å². The average molecular weight is 338 g/mol. The molecule has 2 nitrogen and oxygen atoms in total. The zero-order valence-corrected chi connectivity index (χ0v) is 15.6. The van der Waals surface area contributed by atoms with Gasteiger partial charge in [0.2, 0.25) is 0 Å². The molecule has 0 unspecified atom stereocenters. The van der Waals surface area contributed by atoms with Crippen molar-refractivity contribution in [1.82, 2.24) is 4.90 Å². The van der Waals surface area contributed by atoms with E-state index in [4.69, 9.17) is 0 Å². The van der Waals surface area contributed by atoms with Crippen LogP contribution in [0.2, 0.25) is 0 Å². The quantitative estimate of drug-likeness (QED) is 0.800. The first kappa shape index (κ1) is 18.2. The molecule has 2 aromatic carbocycles. The van der Waals surface area contributed by atoms with Gasteiger partial charge in [-0.2, -0.15) is 0 Å². The zero-order valence-electron chi connectivity index (χ0n) is 15.6. The van der Waals surface area contributed by atoms with Crippen LogP contribution in [0.3, 0.4) is 0 Å². The largest absolute Gasteiger partial charge is 0.390 e. The molecule has 0 bridgehead atoms. The van der Waals surface area contributed by atoms with E-state index in [1.165, 1.54) is 24.0 Å². The fraction of sp³-hybridized carbons (Fsp3) is 0.478. The number of rotatable bonds is 6. The minimum absolute atomic E-state index is 0.389. The highest BCUT2D eigenvalue weighted by Crippen LogP contribution is 2.35. The van der Waals surface area contributed by atoms with Crippen molar-refractivity contribution in [3.8, 4) is 0 Å².